The maximum Gasteiger partial charge on any atom is 0.316 e. The summed E-state index contributed by atoms with van der Waals surface area (Å²) in [7, 11) is 0. The lowest BCUT2D eigenvalue weighted by molar-refractivity contribution is -0.173. The van der Waals surface area contributed by atoms with Crippen molar-refractivity contribution >= 4 is 29.3 Å². The molecule has 0 amide bonds. The van der Waals surface area contributed by atoms with E-state index in [-0.39, 0.29) is 42.2 Å². The van der Waals surface area contributed by atoms with Crippen LogP contribution in [0.25, 0.3) is 0 Å². The molecule has 3 saturated carbocycles. The highest BCUT2D eigenvalue weighted by atomic mass is 32.2. The number of rotatable bonds is 6. The van der Waals surface area contributed by atoms with Gasteiger partial charge < -0.3 is 9.84 Å². The number of nitrogens with zero attached hydrogens (tertiary/aromatic N) is 1. The Labute approximate surface area is 211 Å². The fourth-order valence-electron chi connectivity index (χ4n) is 6.85. The largest absolute Gasteiger partial charge is 0.461 e. The number of carbonyl (C=O) groups excluding carboxylic acids is 3. The molecule has 0 aliphatic heterocycles. The first kappa shape index (κ1) is 25.8. The molecule has 3 fully saturated rings. The predicted molar refractivity (Wildman–Crippen MR) is 135 cm³/mol. The minimum absolute atomic E-state index is 0.0676. The number of hydrogen-bond donors (Lipinski definition) is 1. The van der Waals surface area contributed by atoms with Crippen molar-refractivity contribution in [2.24, 2.45) is 28.1 Å². The summed E-state index contributed by atoms with van der Waals surface area (Å²) in [5, 5.41) is 9.16. The fourth-order valence-corrected chi connectivity index (χ4v) is 7.49. The number of esters is 1. The summed E-state index contributed by atoms with van der Waals surface area (Å²) in [5.74, 6) is -0.776. The second-order valence-corrected chi connectivity index (χ2v) is 11.9. The highest BCUT2D eigenvalue weighted by molar-refractivity contribution is 8.00. The summed E-state index contributed by atoms with van der Waals surface area (Å²) in [5.41, 5.74) is -0.563. The van der Waals surface area contributed by atoms with Gasteiger partial charge >= 0.3 is 5.97 Å². The predicted octanol–water partition coefficient (Wildman–Crippen LogP) is 4.70. The normalized spacial score (nSPS) is 36.8. The maximum atomic E-state index is 13.8. The van der Waals surface area contributed by atoms with Gasteiger partial charge in [0.2, 0.25) is 0 Å². The van der Waals surface area contributed by atoms with Crippen LogP contribution in [0.2, 0.25) is 0 Å². The third kappa shape index (κ3) is 4.10. The van der Waals surface area contributed by atoms with Gasteiger partial charge in [0, 0.05) is 46.6 Å². The van der Waals surface area contributed by atoms with Gasteiger partial charge in [0.25, 0.3) is 0 Å². The van der Waals surface area contributed by atoms with Crippen LogP contribution in [0.5, 0.6) is 0 Å². The summed E-state index contributed by atoms with van der Waals surface area (Å²) in [4.78, 5) is 45.2. The van der Waals surface area contributed by atoms with E-state index in [0.717, 1.165) is 16.9 Å². The Morgan fingerprint density at radius 1 is 1.29 bits per heavy atom. The van der Waals surface area contributed by atoms with Crippen molar-refractivity contribution in [3.05, 3.63) is 48.8 Å². The van der Waals surface area contributed by atoms with Crippen molar-refractivity contribution in [1.29, 1.82) is 0 Å². The number of ether oxygens (including phenoxy) is 1. The van der Waals surface area contributed by atoms with Crippen LogP contribution in [0.1, 0.15) is 58.6 Å². The Morgan fingerprint density at radius 3 is 2.63 bits per heavy atom. The van der Waals surface area contributed by atoms with Crippen LogP contribution in [-0.2, 0) is 25.7 Å². The first-order valence-electron chi connectivity index (χ1n) is 12.3. The zero-order chi connectivity index (χ0) is 25.6. The van der Waals surface area contributed by atoms with E-state index >= 15 is 0 Å². The number of aromatic nitrogens is 1. The molecule has 4 rings (SSSR count). The van der Waals surface area contributed by atoms with E-state index in [0.29, 0.717) is 25.0 Å². The van der Waals surface area contributed by atoms with E-state index in [4.69, 9.17) is 9.84 Å². The Bertz CT molecular complexity index is 1070. The molecule has 0 radical (unpaired) electrons. The minimum atomic E-state index is -0.871. The lowest BCUT2D eigenvalue weighted by Crippen LogP contribution is -2.60. The number of carbonyl (C=O) groups is 3. The molecule has 0 aromatic carbocycles. The summed E-state index contributed by atoms with van der Waals surface area (Å²) >= 11 is 1.30. The number of allylic oxidation sites excluding steroid dienone is 1. The van der Waals surface area contributed by atoms with Gasteiger partial charge in [-0.05, 0) is 43.7 Å². The third-order valence-corrected chi connectivity index (χ3v) is 10.1. The molecule has 1 heterocycles. The maximum absolute atomic E-state index is 13.8. The molecule has 0 spiro atoms. The van der Waals surface area contributed by atoms with Gasteiger partial charge in [0.1, 0.15) is 17.7 Å². The van der Waals surface area contributed by atoms with Gasteiger partial charge in [-0.3, -0.25) is 19.4 Å². The number of pyridine rings is 1. The van der Waals surface area contributed by atoms with Gasteiger partial charge in [-0.2, -0.15) is 0 Å². The first-order valence-corrected chi connectivity index (χ1v) is 13.3. The van der Waals surface area contributed by atoms with Crippen LogP contribution in [0.3, 0.4) is 0 Å². The summed E-state index contributed by atoms with van der Waals surface area (Å²) in [6, 6.07) is 3.51. The van der Waals surface area contributed by atoms with Crippen molar-refractivity contribution in [3.63, 3.8) is 0 Å². The standard InChI is InChI=1S/C28H35NO5S/c1-6-26(4)13-22(34-23(32)16-35-20-8-7-19(15-30)29-14-20)27(5)17(2)9-11-28(18(3)25(26)33)12-10-21(31)24(27)28/h6-8,14,18,22,24,30H,1-2,9-13,15-16H2,3-5H3/t18-,22+,24?,26+,27-,28-/m0/s1. The SMILES string of the molecule is C=C[C@]1(C)C[C@@H](OC(=O)CSc2ccc(CO)nc2)[C@]2(C)C(=C)CC[C@]3(CCC(=O)C32)[C@@H](C)C1=O. The zero-order valence-electron chi connectivity index (χ0n) is 20.8. The number of aliphatic hydroxyl groups excluding tert-OH is 1. The Hall–Kier alpha value is -2.25. The van der Waals surface area contributed by atoms with Gasteiger partial charge in [-0.1, -0.05) is 32.1 Å². The Balaban J connectivity index is 1.66. The Morgan fingerprint density at radius 2 is 2.00 bits per heavy atom. The lowest BCUT2D eigenvalue weighted by Gasteiger charge is -2.58. The van der Waals surface area contributed by atoms with Crippen molar-refractivity contribution in [1.82, 2.24) is 4.98 Å². The average Bonchev–Trinajstić information content (AvgIpc) is 3.21. The fraction of sp³-hybridized carbons (Fsp3) is 0.571. The molecule has 2 bridgehead atoms. The van der Waals surface area contributed by atoms with Gasteiger partial charge in [-0.25, -0.2) is 0 Å². The van der Waals surface area contributed by atoms with Gasteiger partial charge in [0.15, 0.2) is 0 Å². The van der Waals surface area contributed by atoms with E-state index in [1.54, 1.807) is 24.4 Å². The van der Waals surface area contributed by atoms with Crippen LogP contribution < -0.4 is 0 Å². The van der Waals surface area contributed by atoms with E-state index in [2.05, 4.69) is 18.1 Å². The molecule has 0 saturated heterocycles. The van der Waals surface area contributed by atoms with Crippen LogP contribution in [0.4, 0.5) is 0 Å². The van der Waals surface area contributed by atoms with Crippen LogP contribution in [0, 0.1) is 28.1 Å². The number of aliphatic hydroxyl groups is 1. The summed E-state index contributed by atoms with van der Waals surface area (Å²) < 4.78 is 6.15. The molecule has 3 aliphatic rings. The van der Waals surface area contributed by atoms with E-state index in [1.165, 1.54) is 11.8 Å². The minimum Gasteiger partial charge on any atom is -0.461 e. The number of Topliss-reactive ketones (excluding diaryl/α,β-unsaturated/α-hetero) is 2. The molecule has 6 nitrogen and oxygen atoms in total. The average molecular weight is 498 g/mol. The van der Waals surface area contributed by atoms with Crippen LogP contribution >= 0.6 is 11.8 Å². The molecule has 1 aromatic heterocycles. The second-order valence-electron chi connectivity index (χ2n) is 10.8. The Kier molecular flexibility index (Phi) is 6.88. The number of hydrogen-bond acceptors (Lipinski definition) is 7. The lowest BCUT2D eigenvalue weighted by atomic mass is 9.45. The zero-order valence-corrected chi connectivity index (χ0v) is 21.7. The van der Waals surface area contributed by atoms with E-state index in [1.807, 2.05) is 20.8 Å². The molecular formula is C28H35NO5S. The quantitative estimate of drug-likeness (QED) is 0.346. The van der Waals surface area contributed by atoms with E-state index < -0.39 is 28.3 Å². The summed E-state index contributed by atoms with van der Waals surface area (Å²) in [6.07, 6.45) is 5.52. The van der Waals surface area contributed by atoms with Crippen molar-refractivity contribution in [2.45, 2.75) is 70.5 Å². The molecule has 35 heavy (non-hydrogen) atoms. The molecule has 1 unspecified atom stereocenters. The highest BCUT2D eigenvalue weighted by Gasteiger charge is 2.67. The number of ketones is 2. The molecule has 1 N–H and O–H groups in total. The van der Waals surface area contributed by atoms with Crippen molar-refractivity contribution < 1.29 is 24.2 Å². The molecule has 188 valence electrons. The number of thioether (sulfide) groups is 1. The molecule has 7 heteroatoms. The van der Waals surface area contributed by atoms with E-state index in [9.17, 15) is 14.4 Å². The van der Waals surface area contributed by atoms with Crippen molar-refractivity contribution in [3.8, 4) is 0 Å². The highest BCUT2D eigenvalue weighted by Crippen LogP contribution is 2.67. The van der Waals surface area contributed by atoms with Gasteiger partial charge in [0.05, 0.1) is 18.1 Å². The second kappa shape index (κ2) is 9.32. The molecule has 3 aliphatic carbocycles. The summed E-state index contributed by atoms with van der Waals surface area (Å²) in [6.45, 7) is 14.1. The van der Waals surface area contributed by atoms with Crippen molar-refractivity contribution in [2.75, 3.05) is 5.75 Å². The van der Waals surface area contributed by atoms with Crippen LogP contribution in [-0.4, -0.2) is 39.5 Å². The molecule has 6 atom stereocenters. The topological polar surface area (TPSA) is 93.6 Å². The monoisotopic (exact) mass is 497 g/mol. The van der Waals surface area contributed by atoms with Crippen LogP contribution in [0.15, 0.2) is 48.0 Å². The first-order chi connectivity index (χ1) is 16.5. The molecule has 1 aromatic rings. The third-order valence-electron chi connectivity index (χ3n) is 9.12. The molecular weight excluding hydrogens is 462 g/mol. The van der Waals surface area contributed by atoms with Gasteiger partial charge in [-0.15, -0.1) is 18.3 Å². The smallest absolute Gasteiger partial charge is 0.316 e.